The second kappa shape index (κ2) is 8.88. The Hall–Kier alpha value is -3.22. The number of aromatic amines is 1. The van der Waals surface area contributed by atoms with Crippen molar-refractivity contribution >= 4 is 40.2 Å². The third-order valence-electron chi connectivity index (χ3n) is 4.77. The van der Waals surface area contributed by atoms with Crippen molar-refractivity contribution in [3.8, 4) is 22.9 Å². The van der Waals surface area contributed by atoms with E-state index in [2.05, 4.69) is 9.97 Å². The van der Waals surface area contributed by atoms with Crippen molar-refractivity contribution in [2.45, 2.75) is 6.61 Å². The van der Waals surface area contributed by atoms with Crippen LogP contribution in [0.3, 0.4) is 0 Å². The largest absolute Gasteiger partial charge is 0.493 e. The Labute approximate surface area is 188 Å². The lowest BCUT2D eigenvalue weighted by Crippen LogP contribution is -2.00. The molecule has 4 rings (SSSR count). The first-order valence-corrected chi connectivity index (χ1v) is 10.1. The summed E-state index contributed by atoms with van der Waals surface area (Å²) in [6, 6.07) is 15.9. The molecular formula is C23H18Cl2N2O4. The Morgan fingerprint density at radius 2 is 1.77 bits per heavy atom. The molecule has 0 aliphatic heterocycles. The number of imidazole rings is 1. The molecule has 4 aromatic rings. The maximum absolute atomic E-state index is 11.8. The SMILES string of the molecule is COC(=O)c1ccc2nc(-c3ccc(OCc4c(Cl)cccc4Cl)c(OC)c3)[nH]c2c1. The zero-order valence-electron chi connectivity index (χ0n) is 16.7. The molecule has 0 amide bonds. The minimum absolute atomic E-state index is 0.204. The quantitative estimate of drug-likeness (QED) is 0.365. The van der Waals surface area contributed by atoms with E-state index in [9.17, 15) is 4.79 Å². The first-order chi connectivity index (χ1) is 15.0. The van der Waals surface area contributed by atoms with Gasteiger partial charge >= 0.3 is 5.97 Å². The zero-order chi connectivity index (χ0) is 22.0. The standard InChI is InChI=1S/C23H18Cl2N2O4/c1-29-21-11-13(7-9-20(21)31-12-15-16(24)4-3-5-17(15)25)22-26-18-8-6-14(23(28)30-2)10-19(18)27-22/h3-11H,12H2,1-2H3,(H,26,27). The molecule has 0 bridgehead atoms. The summed E-state index contributed by atoms with van der Waals surface area (Å²) < 4.78 is 16.2. The van der Waals surface area contributed by atoms with Crippen molar-refractivity contribution in [2.75, 3.05) is 14.2 Å². The second-order valence-electron chi connectivity index (χ2n) is 6.66. The molecule has 3 aromatic carbocycles. The van der Waals surface area contributed by atoms with E-state index < -0.39 is 5.97 Å². The second-order valence-corrected chi connectivity index (χ2v) is 7.48. The molecule has 6 nitrogen and oxygen atoms in total. The summed E-state index contributed by atoms with van der Waals surface area (Å²) in [7, 11) is 2.91. The maximum atomic E-state index is 11.8. The van der Waals surface area contributed by atoms with Crippen LogP contribution in [0.25, 0.3) is 22.4 Å². The third kappa shape index (κ3) is 4.31. The number of H-pyrrole nitrogens is 1. The summed E-state index contributed by atoms with van der Waals surface area (Å²) in [6.07, 6.45) is 0. The molecule has 158 valence electrons. The lowest BCUT2D eigenvalue weighted by molar-refractivity contribution is 0.0601. The van der Waals surface area contributed by atoms with Crippen LogP contribution in [-0.2, 0) is 11.3 Å². The highest BCUT2D eigenvalue weighted by Gasteiger charge is 2.14. The Morgan fingerprint density at radius 1 is 1.00 bits per heavy atom. The van der Waals surface area contributed by atoms with E-state index in [4.69, 9.17) is 37.4 Å². The highest BCUT2D eigenvalue weighted by molar-refractivity contribution is 6.35. The van der Waals surface area contributed by atoms with Crippen LogP contribution in [0.5, 0.6) is 11.5 Å². The number of methoxy groups -OCH3 is 2. The number of aromatic nitrogens is 2. The van der Waals surface area contributed by atoms with Gasteiger partial charge in [-0.25, -0.2) is 9.78 Å². The molecule has 0 spiro atoms. The maximum Gasteiger partial charge on any atom is 0.337 e. The van der Waals surface area contributed by atoms with Gasteiger partial charge in [0.05, 0.1) is 30.8 Å². The minimum atomic E-state index is -0.403. The van der Waals surface area contributed by atoms with Crippen molar-refractivity contribution < 1.29 is 19.0 Å². The molecule has 0 aliphatic carbocycles. The number of esters is 1. The fraction of sp³-hybridized carbons (Fsp3) is 0.130. The van der Waals surface area contributed by atoms with E-state index in [1.165, 1.54) is 7.11 Å². The molecule has 1 aromatic heterocycles. The molecule has 0 fully saturated rings. The number of hydrogen-bond acceptors (Lipinski definition) is 5. The number of rotatable bonds is 6. The summed E-state index contributed by atoms with van der Waals surface area (Å²) in [5.74, 6) is 1.32. The number of benzene rings is 3. The lowest BCUT2D eigenvalue weighted by atomic mass is 10.2. The molecule has 0 radical (unpaired) electrons. The molecule has 0 saturated heterocycles. The van der Waals surface area contributed by atoms with Crippen molar-refractivity contribution in [3.63, 3.8) is 0 Å². The van der Waals surface area contributed by atoms with Crippen LogP contribution < -0.4 is 9.47 Å². The van der Waals surface area contributed by atoms with Gasteiger partial charge in [-0.3, -0.25) is 0 Å². The Bertz CT molecular complexity index is 1250. The molecule has 1 N–H and O–H groups in total. The molecule has 0 saturated carbocycles. The van der Waals surface area contributed by atoms with Gasteiger partial charge in [0, 0.05) is 21.2 Å². The first-order valence-electron chi connectivity index (χ1n) is 9.32. The zero-order valence-corrected chi connectivity index (χ0v) is 18.3. The van der Waals surface area contributed by atoms with Crippen LogP contribution >= 0.6 is 23.2 Å². The first kappa shape index (κ1) is 21.0. The smallest absolute Gasteiger partial charge is 0.337 e. The summed E-state index contributed by atoms with van der Waals surface area (Å²) >= 11 is 12.4. The number of fused-ring (bicyclic) bond motifs is 1. The highest BCUT2D eigenvalue weighted by Crippen LogP contribution is 2.34. The van der Waals surface area contributed by atoms with Gasteiger partial charge in [-0.1, -0.05) is 29.3 Å². The molecular weight excluding hydrogens is 439 g/mol. The van der Waals surface area contributed by atoms with Crippen LogP contribution in [0.4, 0.5) is 0 Å². The van der Waals surface area contributed by atoms with Gasteiger partial charge < -0.3 is 19.2 Å². The van der Waals surface area contributed by atoms with Gasteiger partial charge in [0.25, 0.3) is 0 Å². The number of carbonyl (C=O) groups excluding carboxylic acids is 1. The summed E-state index contributed by atoms with van der Waals surface area (Å²) in [5, 5.41) is 1.08. The van der Waals surface area contributed by atoms with Gasteiger partial charge in [-0.05, 0) is 48.5 Å². The number of carbonyl (C=O) groups is 1. The number of halogens is 2. The molecule has 0 aliphatic rings. The monoisotopic (exact) mass is 456 g/mol. The number of ether oxygens (including phenoxy) is 3. The normalized spacial score (nSPS) is 10.8. The Morgan fingerprint density at radius 3 is 2.48 bits per heavy atom. The van der Waals surface area contributed by atoms with Gasteiger partial charge in [-0.2, -0.15) is 0 Å². The number of nitrogens with one attached hydrogen (secondary N) is 1. The Balaban J connectivity index is 1.61. The van der Waals surface area contributed by atoms with E-state index in [0.29, 0.717) is 38.5 Å². The third-order valence-corrected chi connectivity index (χ3v) is 5.48. The van der Waals surface area contributed by atoms with E-state index in [1.807, 2.05) is 12.1 Å². The molecule has 0 unspecified atom stereocenters. The topological polar surface area (TPSA) is 73.4 Å². The molecule has 0 atom stereocenters. The number of hydrogen-bond donors (Lipinski definition) is 1. The number of nitrogens with zero attached hydrogens (tertiary/aromatic N) is 1. The van der Waals surface area contributed by atoms with Crippen LogP contribution in [0.15, 0.2) is 54.6 Å². The van der Waals surface area contributed by atoms with Gasteiger partial charge in [0.15, 0.2) is 11.5 Å². The molecule has 8 heteroatoms. The van der Waals surface area contributed by atoms with Crippen LogP contribution in [0.2, 0.25) is 10.0 Å². The average molecular weight is 457 g/mol. The van der Waals surface area contributed by atoms with Gasteiger partial charge in [0.1, 0.15) is 12.4 Å². The van der Waals surface area contributed by atoms with Crippen molar-refractivity contribution in [2.24, 2.45) is 0 Å². The Kier molecular flexibility index (Phi) is 6.02. The minimum Gasteiger partial charge on any atom is -0.493 e. The van der Waals surface area contributed by atoms with Gasteiger partial charge in [-0.15, -0.1) is 0 Å². The highest BCUT2D eigenvalue weighted by atomic mass is 35.5. The summed E-state index contributed by atoms with van der Waals surface area (Å²) in [6.45, 7) is 0.204. The average Bonchev–Trinajstić information content (AvgIpc) is 3.21. The van der Waals surface area contributed by atoms with Crippen LogP contribution in [-0.4, -0.2) is 30.2 Å². The van der Waals surface area contributed by atoms with Gasteiger partial charge in [0.2, 0.25) is 0 Å². The fourth-order valence-electron chi connectivity index (χ4n) is 3.15. The van der Waals surface area contributed by atoms with E-state index in [1.54, 1.807) is 49.6 Å². The summed E-state index contributed by atoms with van der Waals surface area (Å²) in [5.41, 5.74) is 3.41. The van der Waals surface area contributed by atoms with Crippen LogP contribution in [0, 0.1) is 0 Å². The lowest BCUT2D eigenvalue weighted by Gasteiger charge is -2.13. The van der Waals surface area contributed by atoms with Crippen molar-refractivity contribution in [3.05, 3.63) is 75.8 Å². The van der Waals surface area contributed by atoms with Crippen molar-refractivity contribution in [1.82, 2.24) is 9.97 Å². The van der Waals surface area contributed by atoms with Crippen LogP contribution in [0.1, 0.15) is 15.9 Å². The molecule has 31 heavy (non-hydrogen) atoms. The predicted octanol–water partition coefficient (Wildman–Crippen LogP) is 5.91. The molecule has 1 heterocycles. The van der Waals surface area contributed by atoms with E-state index in [0.717, 1.165) is 16.6 Å². The predicted molar refractivity (Wildman–Crippen MR) is 120 cm³/mol. The van der Waals surface area contributed by atoms with Crippen molar-refractivity contribution in [1.29, 1.82) is 0 Å². The van der Waals surface area contributed by atoms with E-state index >= 15 is 0 Å². The summed E-state index contributed by atoms with van der Waals surface area (Å²) in [4.78, 5) is 19.6. The van der Waals surface area contributed by atoms with E-state index in [-0.39, 0.29) is 6.61 Å². The fourth-order valence-corrected chi connectivity index (χ4v) is 3.65.